The highest BCUT2D eigenvalue weighted by Crippen LogP contribution is 2.11. The van der Waals surface area contributed by atoms with Crippen LogP contribution in [-0.4, -0.2) is 44.6 Å². The molecule has 0 saturated heterocycles. The molecule has 0 radical (unpaired) electrons. The zero-order valence-electron chi connectivity index (χ0n) is 11.7. The van der Waals surface area contributed by atoms with Crippen LogP contribution < -0.4 is 0 Å². The van der Waals surface area contributed by atoms with E-state index in [1.165, 1.54) is 5.56 Å². The van der Waals surface area contributed by atoms with Gasteiger partial charge < -0.3 is 9.88 Å². The van der Waals surface area contributed by atoms with Crippen molar-refractivity contribution in [3.8, 4) is 0 Å². The number of hydrogen-bond donors (Lipinski definition) is 2. The molecule has 2 N–H and O–H groups in total. The molecule has 0 aliphatic heterocycles. The fraction of sp³-hybridized carbons (Fsp3) is 0.462. The average molecular weight is 261 g/mol. The number of carbonyl (C=O) groups is 1. The van der Waals surface area contributed by atoms with Crippen molar-refractivity contribution < 1.29 is 4.79 Å². The summed E-state index contributed by atoms with van der Waals surface area (Å²) in [7, 11) is 1.79. The number of carbonyl (C=O) groups excluding carboxylic acids is 1. The van der Waals surface area contributed by atoms with Crippen molar-refractivity contribution in [2.45, 2.75) is 27.2 Å². The first kappa shape index (κ1) is 13.3. The first-order chi connectivity index (χ1) is 8.99. The highest BCUT2D eigenvalue weighted by molar-refractivity contribution is 5.91. The molecule has 0 aliphatic rings. The summed E-state index contributed by atoms with van der Waals surface area (Å²) in [6.07, 6.45) is 2.37. The minimum Gasteiger partial charge on any atom is -0.340 e. The molecule has 2 heterocycles. The second kappa shape index (κ2) is 5.26. The molecule has 0 unspecified atom stereocenters. The van der Waals surface area contributed by atoms with Crippen LogP contribution in [0.15, 0.2) is 6.20 Å². The van der Waals surface area contributed by atoms with Gasteiger partial charge in [-0.05, 0) is 32.8 Å². The highest BCUT2D eigenvalue weighted by atomic mass is 16.2. The zero-order valence-corrected chi connectivity index (χ0v) is 11.7. The Morgan fingerprint density at radius 1 is 1.37 bits per heavy atom. The summed E-state index contributed by atoms with van der Waals surface area (Å²) >= 11 is 0. The number of aryl methyl sites for hydroxylation is 3. The number of aromatic amines is 2. The summed E-state index contributed by atoms with van der Waals surface area (Å²) in [5.74, 6) is 0.706. The number of nitrogens with one attached hydrogen (secondary N) is 2. The molecule has 2 aromatic heterocycles. The second-order valence-corrected chi connectivity index (χ2v) is 4.77. The standard InChI is InChI=1S/C13H19N5O/c1-8-11(9(2)17-16-8)5-6-18(4)13(19)12-7-14-10(3)15-12/h7H,5-6H2,1-4H3,(H,14,15)(H,16,17). The first-order valence-corrected chi connectivity index (χ1v) is 6.26. The van der Waals surface area contributed by atoms with Gasteiger partial charge in [0.1, 0.15) is 11.5 Å². The lowest BCUT2D eigenvalue weighted by Gasteiger charge is -2.16. The van der Waals surface area contributed by atoms with Crippen LogP contribution in [0.1, 0.15) is 33.3 Å². The monoisotopic (exact) mass is 261 g/mol. The van der Waals surface area contributed by atoms with E-state index in [-0.39, 0.29) is 5.91 Å². The van der Waals surface area contributed by atoms with Crippen molar-refractivity contribution >= 4 is 5.91 Å². The Bertz CT molecular complexity index is 564. The van der Waals surface area contributed by atoms with Crippen LogP contribution in [0, 0.1) is 20.8 Å². The number of rotatable bonds is 4. The fourth-order valence-corrected chi connectivity index (χ4v) is 2.06. The van der Waals surface area contributed by atoms with Gasteiger partial charge in [-0.2, -0.15) is 5.10 Å². The molecule has 0 aromatic carbocycles. The van der Waals surface area contributed by atoms with E-state index in [0.717, 1.165) is 23.6 Å². The Morgan fingerprint density at radius 3 is 2.63 bits per heavy atom. The molecule has 102 valence electrons. The van der Waals surface area contributed by atoms with Gasteiger partial charge >= 0.3 is 0 Å². The van der Waals surface area contributed by atoms with E-state index >= 15 is 0 Å². The lowest BCUT2D eigenvalue weighted by molar-refractivity contribution is 0.0791. The van der Waals surface area contributed by atoms with E-state index in [9.17, 15) is 4.79 Å². The topological polar surface area (TPSA) is 77.7 Å². The van der Waals surface area contributed by atoms with Gasteiger partial charge in [0.25, 0.3) is 5.91 Å². The molecule has 6 nitrogen and oxygen atoms in total. The second-order valence-electron chi connectivity index (χ2n) is 4.77. The van der Waals surface area contributed by atoms with Crippen LogP contribution in [0.3, 0.4) is 0 Å². The van der Waals surface area contributed by atoms with Crippen molar-refractivity contribution in [1.82, 2.24) is 25.1 Å². The zero-order chi connectivity index (χ0) is 14.0. The van der Waals surface area contributed by atoms with Gasteiger partial charge in [-0.15, -0.1) is 0 Å². The summed E-state index contributed by atoms with van der Waals surface area (Å²) in [4.78, 5) is 20.8. The van der Waals surface area contributed by atoms with Crippen molar-refractivity contribution in [3.05, 3.63) is 34.7 Å². The lowest BCUT2D eigenvalue weighted by Crippen LogP contribution is -2.29. The van der Waals surface area contributed by atoms with Gasteiger partial charge in [-0.3, -0.25) is 9.89 Å². The van der Waals surface area contributed by atoms with Crippen molar-refractivity contribution in [3.63, 3.8) is 0 Å². The molecule has 0 atom stereocenters. The predicted octanol–water partition coefficient (Wildman–Crippen LogP) is 1.37. The number of H-pyrrole nitrogens is 2. The molecule has 6 heteroatoms. The van der Waals surface area contributed by atoms with Crippen LogP contribution in [0.25, 0.3) is 0 Å². The van der Waals surface area contributed by atoms with E-state index in [0.29, 0.717) is 12.2 Å². The predicted molar refractivity (Wildman–Crippen MR) is 72.1 cm³/mol. The summed E-state index contributed by atoms with van der Waals surface area (Å²) in [5, 5.41) is 7.11. The number of hydrogen-bond acceptors (Lipinski definition) is 3. The van der Waals surface area contributed by atoms with Crippen molar-refractivity contribution in [1.29, 1.82) is 0 Å². The SMILES string of the molecule is Cc1ncc(C(=O)N(C)CCc2c(C)n[nH]c2C)[nH]1. The van der Waals surface area contributed by atoms with Gasteiger partial charge in [0, 0.05) is 19.3 Å². The number of amides is 1. The highest BCUT2D eigenvalue weighted by Gasteiger charge is 2.15. The fourth-order valence-electron chi connectivity index (χ4n) is 2.06. The summed E-state index contributed by atoms with van der Waals surface area (Å²) in [5.41, 5.74) is 3.77. The van der Waals surface area contributed by atoms with Crippen molar-refractivity contribution in [2.24, 2.45) is 0 Å². The smallest absolute Gasteiger partial charge is 0.271 e. The maximum absolute atomic E-state index is 12.1. The molecular formula is C13H19N5O. The Labute approximate surface area is 112 Å². The minimum atomic E-state index is -0.0422. The molecule has 2 rings (SSSR count). The van der Waals surface area contributed by atoms with Crippen LogP contribution in [0.2, 0.25) is 0 Å². The Kier molecular flexibility index (Phi) is 3.69. The third-order valence-corrected chi connectivity index (χ3v) is 3.26. The molecule has 1 amide bonds. The summed E-state index contributed by atoms with van der Waals surface area (Å²) in [6, 6.07) is 0. The van der Waals surface area contributed by atoms with E-state index in [2.05, 4.69) is 20.2 Å². The summed E-state index contributed by atoms with van der Waals surface area (Å²) < 4.78 is 0. The number of aromatic nitrogens is 4. The van der Waals surface area contributed by atoms with Crippen LogP contribution >= 0.6 is 0 Å². The maximum atomic E-state index is 12.1. The summed E-state index contributed by atoms with van der Waals surface area (Å²) in [6.45, 7) is 6.45. The van der Waals surface area contributed by atoms with Crippen molar-refractivity contribution in [2.75, 3.05) is 13.6 Å². The van der Waals surface area contributed by atoms with Gasteiger partial charge in [0.15, 0.2) is 0 Å². The van der Waals surface area contributed by atoms with Gasteiger partial charge in [-0.25, -0.2) is 4.98 Å². The van der Waals surface area contributed by atoms with E-state index in [4.69, 9.17) is 0 Å². The van der Waals surface area contributed by atoms with E-state index in [1.54, 1.807) is 18.1 Å². The van der Waals surface area contributed by atoms with Gasteiger partial charge in [-0.1, -0.05) is 0 Å². The third kappa shape index (κ3) is 2.83. The van der Waals surface area contributed by atoms with Gasteiger partial charge in [0.2, 0.25) is 0 Å². The number of nitrogens with zero attached hydrogens (tertiary/aromatic N) is 3. The number of likely N-dealkylation sites (N-methyl/N-ethyl adjacent to an activating group) is 1. The Morgan fingerprint density at radius 2 is 2.11 bits per heavy atom. The Hall–Kier alpha value is -2.11. The molecule has 2 aromatic rings. The minimum absolute atomic E-state index is 0.0422. The van der Waals surface area contributed by atoms with Crippen LogP contribution in [0.5, 0.6) is 0 Å². The molecule has 0 saturated carbocycles. The first-order valence-electron chi connectivity index (χ1n) is 6.26. The van der Waals surface area contributed by atoms with Crippen LogP contribution in [0.4, 0.5) is 0 Å². The molecule has 19 heavy (non-hydrogen) atoms. The average Bonchev–Trinajstić information content (AvgIpc) is 2.93. The van der Waals surface area contributed by atoms with Gasteiger partial charge in [0.05, 0.1) is 11.9 Å². The molecular weight excluding hydrogens is 242 g/mol. The third-order valence-electron chi connectivity index (χ3n) is 3.26. The van der Waals surface area contributed by atoms with E-state index in [1.807, 2.05) is 20.8 Å². The molecule has 0 fully saturated rings. The lowest BCUT2D eigenvalue weighted by atomic mass is 10.1. The Balaban J connectivity index is 1.98. The molecule has 0 bridgehead atoms. The maximum Gasteiger partial charge on any atom is 0.271 e. The normalized spacial score (nSPS) is 10.7. The van der Waals surface area contributed by atoms with Crippen LogP contribution in [-0.2, 0) is 6.42 Å². The van der Waals surface area contributed by atoms with E-state index < -0.39 is 0 Å². The molecule has 0 aliphatic carbocycles. The molecule has 0 spiro atoms. The quantitative estimate of drug-likeness (QED) is 0.872. The largest absolute Gasteiger partial charge is 0.340 e. The number of imidazole rings is 1.